The number of rotatable bonds is 6. The lowest BCUT2D eigenvalue weighted by atomic mass is 10.0. The molecule has 0 spiro atoms. The molecule has 1 aliphatic rings. The van der Waals surface area contributed by atoms with Gasteiger partial charge in [-0.3, -0.25) is 14.9 Å². The van der Waals surface area contributed by atoms with E-state index in [1.165, 1.54) is 17.7 Å². The summed E-state index contributed by atoms with van der Waals surface area (Å²) in [5.74, 6) is 1.62. The summed E-state index contributed by atoms with van der Waals surface area (Å²) in [6, 6.07) is 17.8. The van der Waals surface area contributed by atoms with Crippen molar-refractivity contribution in [1.82, 2.24) is 0 Å². The monoisotopic (exact) mass is 429 g/mol. The van der Waals surface area contributed by atoms with Crippen LogP contribution in [0.1, 0.15) is 52.4 Å². The largest absolute Gasteiger partial charge is 0.489 e. The number of non-ortho nitro benzene ring substituents is 1. The zero-order valence-electron chi connectivity index (χ0n) is 18.1. The van der Waals surface area contributed by atoms with Crippen LogP contribution in [0.5, 0.6) is 11.5 Å². The number of carbonyl (C=O) groups excluding carboxylic acids is 1. The van der Waals surface area contributed by atoms with Crippen LogP contribution in [0.25, 0.3) is 6.08 Å². The summed E-state index contributed by atoms with van der Waals surface area (Å²) in [5.41, 5.74) is 4.28. The van der Waals surface area contributed by atoms with E-state index in [9.17, 15) is 14.9 Å². The molecule has 3 aromatic carbocycles. The first-order valence-corrected chi connectivity index (χ1v) is 10.4. The molecule has 32 heavy (non-hydrogen) atoms. The number of nitro groups is 1. The van der Waals surface area contributed by atoms with Gasteiger partial charge in [0.15, 0.2) is 5.76 Å². The number of aryl methyl sites for hydroxylation is 1. The number of nitro benzene ring substituents is 1. The van der Waals surface area contributed by atoms with Gasteiger partial charge in [0.05, 0.1) is 10.5 Å². The molecule has 0 atom stereocenters. The summed E-state index contributed by atoms with van der Waals surface area (Å²) < 4.78 is 11.7. The zero-order valence-corrected chi connectivity index (χ0v) is 18.1. The van der Waals surface area contributed by atoms with Crippen LogP contribution in [0.2, 0.25) is 0 Å². The first-order valence-electron chi connectivity index (χ1n) is 10.4. The average Bonchev–Trinajstić information content (AvgIpc) is 3.08. The third-order valence-electron chi connectivity index (χ3n) is 5.40. The van der Waals surface area contributed by atoms with Gasteiger partial charge in [0.1, 0.15) is 18.1 Å². The molecule has 0 aliphatic carbocycles. The van der Waals surface area contributed by atoms with E-state index in [1.807, 2.05) is 19.1 Å². The molecule has 0 aromatic heterocycles. The minimum absolute atomic E-state index is 0.0344. The van der Waals surface area contributed by atoms with Crippen molar-refractivity contribution in [2.75, 3.05) is 0 Å². The summed E-state index contributed by atoms with van der Waals surface area (Å²) in [7, 11) is 0. The average molecular weight is 429 g/mol. The van der Waals surface area contributed by atoms with Crippen LogP contribution >= 0.6 is 0 Å². The van der Waals surface area contributed by atoms with Crippen LogP contribution in [0.15, 0.2) is 66.4 Å². The van der Waals surface area contributed by atoms with Gasteiger partial charge in [-0.05, 0) is 59.4 Å². The zero-order chi connectivity index (χ0) is 22.8. The maximum atomic E-state index is 12.9. The summed E-state index contributed by atoms with van der Waals surface area (Å²) in [4.78, 5) is 23.2. The maximum absolute atomic E-state index is 12.9. The first kappa shape index (κ1) is 21.3. The third-order valence-corrected chi connectivity index (χ3v) is 5.40. The van der Waals surface area contributed by atoms with E-state index in [1.54, 1.807) is 30.3 Å². The predicted molar refractivity (Wildman–Crippen MR) is 122 cm³/mol. The molecule has 3 aromatic rings. The molecule has 0 radical (unpaired) electrons. The number of nitrogens with zero attached hydrogens (tertiary/aromatic N) is 1. The van der Waals surface area contributed by atoms with Gasteiger partial charge in [0.2, 0.25) is 5.78 Å². The lowest BCUT2D eigenvalue weighted by Crippen LogP contribution is -2.00. The van der Waals surface area contributed by atoms with E-state index < -0.39 is 4.92 Å². The molecule has 6 heteroatoms. The number of fused-ring (bicyclic) bond motifs is 1. The second-order valence-electron chi connectivity index (χ2n) is 8.09. The van der Waals surface area contributed by atoms with Crippen molar-refractivity contribution in [2.45, 2.75) is 33.3 Å². The van der Waals surface area contributed by atoms with E-state index in [-0.39, 0.29) is 23.8 Å². The number of benzene rings is 3. The van der Waals surface area contributed by atoms with Gasteiger partial charge in [-0.1, -0.05) is 38.1 Å². The molecule has 0 N–H and O–H groups in total. The molecule has 1 aliphatic heterocycles. The Bertz CT molecular complexity index is 1210. The molecule has 0 unspecified atom stereocenters. The summed E-state index contributed by atoms with van der Waals surface area (Å²) in [5, 5.41) is 10.8. The molecule has 0 amide bonds. The van der Waals surface area contributed by atoms with Gasteiger partial charge in [-0.15, -0.1) is 0 Å². The minimum Gasteiger partial charge on any atom is -0.489 e. The Morgan fingerprint density at radius 1 is 1.06 bits per heavy atom. The van der Waals surface area contributed by atoms with E-state index >= 15 is 0 Å². The van der Waals surface area contributed by atoms with Crippen molar-refractivity contribution in [1.29, 1.82) is 0 Å². The van der Waals surface area contributed by atoms with E-state index in [4.69, 9.17) is 9.47 Å². The minimum atomic E-state index is -0.438. The van der Waals surface area contributed by atoms with Gasteiger partial charge in [0, 0.05) is 18.2 Å². The SMILES string of the molecule is Cc1cc(OCc2ccc([N+](=O)[O-])cc2)cc2c1C(=O)/C(=C/c1ccc(C(C)C)cc1)O2. The standard InChI is InChI=1S/C26H23NO5/c1-16(2)20-8-4-18(5-9-20)13-24-26(28)25-17(3)12-22(14-23(25)32-24)31-15-19-6-10-21(11-7-19)27(29)30/h4-14,16H,15H2,1-3H3/b24-13-. The highest BCUT2D eigenvalue weighted by Gasteiger charge is 2.30. The molecular formula is C26H23NO5. The molecule has 162 valence electrons. The van der Waals surface area contributed by atoms with E-state index in [2.05, 4.69) is 26.0 Å². The fourth-order valence-electron chi connectivity index (χ4n) is 3.57. The first-order chi connectivity index (χ1) is 15.3. The Labute approximate surface area is 186 Å². The predicted octanol–water partition coefficient (Wildman–Crippen LogP) is 6.22. The summed E-state index contributed by atoms with van der Waals surface area (Å²) in [6.45, 7) is 6.36. The number of allylic oxidation sites excluding steroid dienone is 1. The number of Topliss-reactive ketones (excluding diaryl/α,β-unsaturated/α-hetero) is 1. The molecule has 0 bridgehead atoms. The third kappa shape index (κ3) is 4.39. The highest BCUT2D eigenvalue weighted by molar-refractivity contribution is 6.15. The van der Waals surface area contributed by atoms with Crippen molar-refractivity contribution >= 4 is 17.5 Å². The number of ketones is 1. The fraction of sp³-hybridized carbons (Fsp3) is 0.192. The van der Waals surface area contributed by atoms with Gasteiger partial charge in [0.25, 0.3) is 5.69 Å². The molecule has 4 rings (SSSR count). The van der Waals surface area contributed by atoms with Crippen LogP contribution in [0.3, 0.4) is 0 Å². The Hall–Kier alpha value is -3.93. The van der Waals surface area contributed by atoms with Crippen LogP contribution in [0, 0.1) is 17.0 Å². The number of ether oxygens (including phenoxy) is 2. The van der Waals surface area contributed by atoms with Gasteiger partial charge < -0.3 is 9.47 Å². The molecule has 0 saturated carbocycles. The van der Waals surface area contributed by atoms with Crippen molar-refractivity contribution in [3.05, 3.63) is 104 Å². The summed E-state index contributed by atoms with van der Waals surface area (Å²) in [6.07, 6.45) is 1.75. The molecule has 1 heterocycles. The van der Waals surface area contributed by atoms with Crippen LogP contribution in [-0.2, 0) is 6.61 Å². The van der Waals surface area contributed by atoms with Gasteiger partial charge in [-0.2, -0.15) is 0 Å². The second-order valence-corrected chi connectivity index (χ2v) is 8.09. The quantitative estimate of drug-likeness (QED) is 0.264. The Balaban J connectivity index is 1.50. The molecule has 0 saturated heterocycles. The topological polar surface area (TPSA) is 78.7 Å². The second kappa shape index (κ2) is 8.67. The van der Waals surface area contributed by atoms with Crippen molar-refractivity contribution < 1.29 is 19.2 Å². The Kier molecular flexibility index (Phi) is 5.77. The van der Waals surface area contributed by atoms with Crippen LogP contribution in [0.4, 0.5) is 5.69 Å². The lowest BCUT2D eigenvalue weighted by Gasteiger charge is -2.09. The van der Waals surface area contributed by atoms with Gasteiger partial charge in [-0.25, -0.2) is 0 Å². The van der Waals surface area contributed by atoms with Crippen molar-refractivity contribution in [3.63, 3.8) is 0 Å². The molecular weight excluding hydrogens is 406 g/mol. The van der Waals surface area contributed by atoms with Crippen molar-refractivity contribution in [2.24, 2.45) is 0 Å². The molecule has 0 fully saturated rings. The molecule has 6 nitrogen and oxygen atoms in total. The van der Waals surface area contributed by atoms with E-state index in [0.29, 0.717) is 23.0 Å². The Morgan fingerprint density at radius 3 is 2.38 bits per heavy atom. The fourth-order valence-corrected chi connectivity index (χ4v) is 3.57. The normalized spacial score (nSPS) is 13.9. The van der Waals surface area contributed by atoms with Gasteiger partial charge >= 0.3 is 0 Å². The highest BCUT2D eigenvalue weighted by Crippen LogP contribution is 2.37. The number of hydrogen-bond donors (Lipinski definition) is 0. The Morgan fingerprint density at radius 2 is 1.75 bits per heavy atom. The number of carbonyl (C=O) groups is 1. The van der Waals surface area contributed by atoms with Crippen molar-refractivity contribution in [3.8, 4) is 11.5 Å². The van der Waals surface area contributed by atoms with E-state index in [0.717, 1.165) is 16.7 Å². The lowest BCUT2D eigenvalue weighted by molar-refractivity contribution is -0.384. The highest BCUT2D eigenvalue weighted by atomic mass is 16.6. The maximum Gasteiger partial charge on any atom is 0.269 e. The number of hydrogen-bond acceptors (Lipinski definition) is 5. The van der Waals surface area contributed by atoms with Crippen LogP contribution < -0.4 is 9.47 Å². The van der Waals surface area contributed by atoms with Crippen LogP contribution in [-0.4, -0.2) is 10.7 Å². The summed E-state index contributed by atoms with van der Waals surface area (Å²) >= 11 is 0. The smallest absolute Gasteiger partial charge is 0.269 e.